The minimum Gasteiger partial charge on any atom is -0.313 e. The number of hydrogen-bond acceptors (Lipinski definition) is 1. The van der Waals surface area contributed by atoms with Crippen LogP contribution in [0.1, 0.15) is 31.9 Å². The molecule has 2 aromatic carbocycles. The third kappa shape index (κ3) is 4.40. The summed E-state index contributed by atoms with van der Waals surface area (Å²) in [7, 11) is 0. The average molecular weight is 285 g/mol. The molecule has 2 heteroatoms. The Hall–Kier alpha value is -1.67. The highest BCUT2D eigenvalue weighted by molar-refractivity contribution is 5.64. The van der Waals surface area contributed by atoms with Gasteiger partial charge in [0.15, 0.2) is 0 Å². The van der Waals surface area contributed by atoms with Crippen molar-refractivity contribution in [2.24, 2.45) is 5.92 Å². The predicted octanol–water partition coefficient (Wildman–Crippen LogP) is 4.80. The summed E-state index contributed by atoms with van der Waals surface area (Å²) in [5.74, 6) is 0.518. The fraction of sp³-hybridized carbons (Fsp3) is 0.368. The van der Waals surface area contributed by atoms with E-state index in [0.29, 0.717) is 12.5 Å². The molecule has 2 rings (SSSR count). The van der Waals surface area contributed by atoms with Crippen LogP contribution in [0, 0.1) is 11.7 Å². The van der Waals surface area contributed by atoms with Crippen molar-refractivity contribution in [3.8, 4) is 11.1 Å². The monoisotopic (exact) mass is 285 g/mol. The third-order valence-electron chi connectivity index (χ3n) is 3.54. The van der Waals surface area contributed by atoms with Gasteiger partial charge in [0.1, 0.15) is 5.82 Å². The van der Waals surface area contributed by atoms with Gasteiger partial charge >= 0.3 is 0 Å². The molecular formula is C19H24FN. The molecule has 21 heavy (non-hydrogen) atoms. The molecule has 2 aromatic rings. The quantitative estimate of drug-likeness (QED) is 0.804. The molecule has 0 aliphatic rings. The van der Waals surface area contributed by atoms with Gasteiger partial charge in [0.25, 0.3) is 0 Å². The van der Waals surface area contributed by atoms with E-state index in [1.807, 2.05) is 19.1 Å². The van der Waals surface area contributed by atoms with Crippen molar-refractivity contribution in [3.05, 3.63) is 59.4 Å². The highest BCUT2D eigenvalue weighted by Crippen LogP contribution is 2.23. The van der Waals surface area contributed by atoms with E-state index < -0.39 is 0 Å². The third-order valence-corrected chi connectivity index (χ3v) is 3.54. The largest absolute Gasteiger partial charge is 0.313 e. The van der Waals surface area contributed by atoms with Crippen molar-refractivity contribution in [2.45, 2.75) is 33.7 Å². The second-order valence-corrected chi connectivity index (χ2v) is 5.88. The van der Waals surface area contributed by atoms with Crippen molar-refractivity contribution >= 4 is 0 Å². The SMILES string of the molecule is CCNCc1cc(-c2ccc(CC(C)C)cc2)ccc1F. The highest BCUT2D eigenvalue weighted by Gasteiger charge is 2.05. The van der Waals surface area contributed by atoms with Gasteiger partial charge in [0.2, 0.25) is 0 Å². The van der Waals surface area contributed by atoms with Gasteiger partial charge in [-0.05, 0) is 47.7 Å². The van der Waals surface area contributed by atoms with E-state index in [2.05, 4.69) is 43.4 Å². The van der Waals surface area contributed by atoms with Crippen molar-refractivity contribution in [2.75, 3.05) is 6.54 Å². The van der Waals surface area contributed by atoms with Gasteiger partial charge in [-0.25, -0.2) is 4.39 Å². The summed E-state index contributed by atoms with van der Waals surface area (Å²) in [5, 5.41) is 3.17. The summed E-state index contributed by atoms with van der Waals surface area (Å²) < 4.78 is 13.8. The lowest BCUT2D eigenvalue weighted by molar-refractivity contribution is 0.593. The van der Waals surface area contributed by atoms with Crippen LogP contribution in [-0.2, 0) is 13.0 Å². The van der Waals surface area contributed by atoms with Crippen molar-refractivity contribution in [1.29, 1.82) is 0 Å². The van der Waals surface area contributed by atoms with Crippen LogP contribution < -0.4 is 5.32 Å². The summed E-state index contributed by atoms with van der Waals surface area (Å²) in [6.45, 7) is 7.88. The number of rotatable bonds is 6. The summed E-state index contributed by atoms with van der Waals surface area (Å²) in [6, 6.07) is 13.9. The predicted molar refractivity (Wildman–Crippen MR) is 87.8 cm³/mol. The van der Waals surface area contributed by atoms with Crippen LogP contribution >= 0.6 is 0 Å². The molecule has 0 aliphatic carbocycles. The normalized spacial score (nSPS) is 11.1. The van der Waals surface area contributed by atoms with E-state index in [4.69, 9.17) is 0 Å². The smallest absolute Gasteiger partial charge is 0.127 e. The molecule has 0 saturated carbocycles. The second kappa shape index (κ2) is 7.37. The topological polar surface area (TPSA) is 12.0 Å². The second-order valence-electron chi connectivity index (χ2n) is 5.88. The first-order chi connectivity index (χ1) is 10.1. The average Bonchev–Trinajstić information content (AvgIpc) is 2.47. The van der Waals surface area contributed by atoms with Crippen LogP contribution in [0.2, 0.25) is 0 Å². The number of halogens is 1. The molecular weight excluding hydrogens is 261 g/mol. The van der Waals surface area contributed by atoms with Crippen LogP contribution in [-0.4, -0.2) is 6.54 Å². The molecule has 0 saturated heterocycles. The van der Waals surface area contributed by atoms with Gasteiger partial charge in [-0.15, -0.1) is 0 Å². The molecule has 1 N–H and O–H groups in total. The van der Waals surface area contributed by atoms with Gasteiger partial charge in [-0.2, -0.15) is 0 Å². The van der Waals surface area contributed by atoms with E-state index >= 15 is 0 Å². The molecule has 0 fully saturated rings. The van der Waals surface area contributed by atoms with Gasteiger partial charge in [-0.1, -0.05) is 51.1 Å². The van der Waals surface area contributed by atoms with Gasteiger partial charge < -0.3 is 5.32 Å². The first-order valence-electron chi connectivity index (χ1n) is 7.68. The Labute approximate surface area is 127 Å². The highest BCUT2D eigenvalue weighted by atomic mass is 19.1. The Morgan fingerprint density at radius 3 is 2.29 bits per heavy atom. The Balaban J connectivity index is 2.21. The lowest BCUT2D eigenvalue weighted by atomic mass is 9.98. The molecule has 112 valence electrons. The first-order valence-corrected chi connectivity index (χ1v) is 7.68. The first kappa shape index (κ1) is 15.7. The molecule has 0 radical (unpaired) electrons. The summed E-state index contributed by atoms with van der Waals surface area (Å²) in [6.07, 6.45) is 1.09. The molecule has 0 heterocycles. The molecule has 1 nitrogen and oxygen atoms in total. The van der Waals surface area contributed by atoms with E-state index in [1.165, 1.54) is 5.56 Å². The van der Waals surface area contributed by atoms with E-state index in [0.717, 1.165) is 29.7 Å². The van der Waals surface area contributed by atoms with Crippen LogP contribution in [0.4, 0.5) is 4.39 Å². The molecule has 0 atom stereocenters. The molecule has 0 aliphatic heterocycles. The maximum absolute atomic E-state index is 13.8. The minimum atomic E-state index is -0.142. The van der Waals surface area contributed by atoms with Gasteiger partial charge in [0.05, 0.1) is 0 Å². The van der Waals surface area contributed by atoms with E-state index in [9.17, 15) is 4.39 Å². The Morgan fingerprint density at radius 2 is 1.67 bits per heavy atom. The number of benzene rings is 2. The van der Waals surface area contributed by atoms with Gasteiger partial charge in [0, 0.05) is 12.1 Å². The van der Waals surface area contributed by atoms with E-state index in [-0.39, 0.29) is 5.82 Å². The lowest BCUT2D eigenvalue weighted by Crippen LogP contribution is -2.12. The zero-order chi connectivity index (χ0) is 15.2. The van der Waals surface area contributed by atoms with Crippen LogP contribution in [0.5, 0.6) is 0 Å². The zero-order valence-corrected chi connectivity index (χ0v) is 13.1. The maximum Gasteiger partial charge on any atom is 0.127 e. The fourth-order valence-corrected chi connectivity index (χ4v) is 2.45. The molecule has 0 spiro atoms. The lowest BCUT2D eigenvalue weighted by Gasteiger charge is -2.09. The number of hydrogen-bond donors (Lipinski definition) is 1. The van der Waals surface area contributed by atoms with Crippen LogP contribution in [0.3, 0.4) is 0 Å². The molecule has 0 unspecified atom stereocenters. The maximum atomic E-state index is 13.8. The van der Waals surface area contributed by atoms with Crippen LogP contribution in [0.25, 0.3) is 11.1 Å². The molecule has 0 amide bonds. The molecule has 0 aromatic heterocycles. The van der Waals surface area contributed by atoms with E-state index in [1.54, 1.807) is 6.07 Å². The van der Waals surface area contributed by atoms with Crippen molar-refractivity contribution in [1.82, 2.24) is 5.32 Å². The Kier molecular flexibility index (Phi) is 5.51. The van der Waals surface area contributed by atoms with Crippen molar-refractivity contribution < 1.29 is 4.39 Å². The summed E-state index contributed by atoms with van der Waals surface area (Å²) >= 11 is 0. The summed E-state index contributed by atoms with van der Waals surface area (Å²) in [5.41, 5.74) is 4.28. The van der Waals surface area contributed by atoms with Crippen LogP contribution in [0.15, 0.2) is 42.5 Å². The molecule has 0 bridgehead atoms. The fourth-order valence-electron chi connectivity index (χ4n) is 2.45. The standard InChI is InChI=1S/C19H24FN/c1-4-21-13-18-12-17(9-10-19(18)20)16-7-5-15(6-8-16)11-14(2)3/h5-10,12,14,21H,4,11,13H2,1-3H3. The number of nitrogens with one attached hydrogen (secondary N) is 1. The van der Waals surface area contributed by atoms with Gasteiger partial charge in [-0.3, -0.25) is 0 Å². The minimum absolute atomic E-state index is 0.142. The zero-order valence-electron chi connectivity index (χ0n) is 13.1. The Bertz CT molecular complexity index is 573. The summed E-state index contributed by atoms with van der Waals surface area (Å²) in [4.78, 5) is 0. The Morgan fingerprint density at radius 1 is 1.00 bits per heavy atom. The van der Waals surface area contributed by atoms with Crippen molar-refractivity contribution in [3.63, 3.8) is 0 Å².